The maximum absolute atomic E-state index is 5.86. The smallest absolute Gasteiger partial charge is 0.191 e. The number of halogens is 1. The van der Waals surface area contributed by atoms with Crippen LogP contribution in [0.4, 0.5) is 0 Å². The summed E-state index contributed by atoms with van der Waals surface area (Å²) < 4.78 is 11.2. The van der Waals surface area contributed by atoms with Gasteiger partial charge in [0, 0.05) is 25.7 Å². The molecule has 0 bridgehead atoms. The zero-order valence-corrected chi connectivity index (χ0v) is 17.9. The van der Waals surface area contributed by atoms with Gasteiger partial charge in [0.25, 0.3) is 0 Å². The van der Waals surface area contributed by atoms with Crippen LogP contribution in [0.1, 0.15) is 31.4 Å². The maximum Gasteiger partial charge on any atom is 0.191 e. The molecule has 1 aliphatic heterocycles. The molecule has 25 heavy (non-hydrogen) atoms. The van der Waals surface area contributed by atoms with Gasteiger partial charge in [-0.3, -0.25) is 4.99 Å². The third-order valence-corrected chi connectivity index (χ3v) is 3.99. The van der Waals surface area contributed by atoms with Gasteiger partial charge >= 0.3 is 0 Å². The summed E-state index contributed by atoms with van der Waals surface area (Å²) in [5.74, 6) is 0.850. The molecular weight excluding hydrogens is 429 g/mol. The van der Waals surface area contributed by atoms with Crippen LogP contribution < -0.4 is 10.6 Å². The molecular formula is C19H32IN3O2. The lowest BCUT2D eigenvalue weighted by molar-refractivity contribution is 0.0347. The number of hydrogen-bond donors (Lipinski definition) is 2. The first-order chi connectivity index (χ1) is 11.7. The Morgan fingerprint density at radius 1 is 1.36 bits per heavy atom. The fourth-order valence-corrected chi connectivity index (χ4v) is 2.57. The van der Waals surface area contributed by atoms with Crippen molar-refractivity contribution in [3.05, 3.63) is 35.4 Å². The van der Waals surface area contributed by atoms with E-state index in [2.05, 4.69) is 60.7 Å². The van der Waals surface area contributed by atoms with Crippen LogP contribution in [-0.2, 0) is 15.9 Å². The van der Waals surface area contributed by atoms with Gasteiger partial charge in [-0.15, -0.1) is 24.0 Å². The Hall–Kier alpha value is -0.860. The van der Waals surface area contributed by atoms with E-state index in [1.165, 1.54) is 11.1 Å². The lowest BCUT2D eigenvalue weighted by atomic mass is 10.1. The summed E-state index contributed by atoms with van der Waals surface area (Å²) in [7, 11) is 0. The van der Waals surface area contributed by atoms with Crippen LogP contribution in [0, 0.1) is 6.92 Å². The molecule has 0 aromatic heterocycles. The number of ether oxygens (including phenoxy) is 2. The summed E-state index contributed by atoms with van der Waals surface area (Å²) in [6.45, 7) is 10.1. The van der Waals surface area contributed by atoms with E-state index in [0.29, 0.717) is 6.61 Å². The summed E-state index contributed by atoms with van der Waals surface area (Å²) in [6.07, 6.45) is 2.19. The Bertz CT molecular complexity index is 502. The van der Waals surface area contributed by atoms with Crippen molar-refractivity contribution in [3.8, 4) is 0 Å². The van der Waals surface area contributed by atoms with Crippen molar-refractivity contribution in [2.24, 2.45) is 4.99 Å². The van der Waals surface area contributed by atoms with Crippen LogP contribution in [0.25, 0.3) is 0 Å². The van der Waals surface area contributed by atoms with E-state index >= 15 is 0 Å². The van der Waals surface area contributed by atoms with Crippen LogP contribution in [-0.4, -0.2) is 51.0 Å². The minimum absolute atomic E-state index is 0. The molecule has 2 atom stereocenters. The van der Waals surface area contributed by atoms with Gasteiger partial charge < -0.3 is 20.1 Å². The van der Waals surface area contributed by atoms with Crippen LogP contribution >= 0.6 is 24.0 Å². The van der Waals surface area contributed by atoms with Crippen molar-refractivity contribution in [3.63, 3.8) is 0 Å². The molecule has 1 heterocycles. The zero-order chi connectivity index (χ0) is 17.2. The average Bonchev–Trinajstić information content (AvgIpc) is 3.08. The first kappa shape index (κ1) is 22.2. The molecule has 0 aliphatic carbocycles. The predicted octanol–water partition coefficient (Wildman–Crippen LogP) is 2.90. The minimum Gasteiger partial charge on any atom is -0.379 e. The molecule has 1 aliphatic rings. The summed E-state index contributed by atoms with van der Waals surface area (Å²) in [5.41, 5.74) is 2.61. The largest absolute Gasteiger partial charge is 0.379 e. The summed E-state index contributed by atoms with van der Waals surface area (Å²) >= 11 is 0. The second-order valence-corrected chi connectivity index (χ2v) is 6.36. The SMILES string of the molecule is CCNC(=NCCc1ccc(C)cc1)NC(C)COC1CCOC1.I. The number of aliphatic imine (C=N–C) groups is 1. The van der Waals surface area contributed by atoms with Gasteiger partial charge in [-0.2, -0.15) is 0 Å². The molecule has 1 aromatic rings. The van der Waals surface area contributed by atoms with Crippen molar-refractivity contribution < 1.29 is 9.47 Å². The van der Waals surface area contributed by atoms with Gasteiger partial charge in [-0.05, 0) is 39.2 Å². The predicted molar refractivity (Wildman–Crippen MR) is 114 cm³/mol. The fourth-order valence-electron chi connectivity index (χ4n) is 2.57. The summed E-state index contributed by atoms with van der Waals surface area (Å²) in [6, 6.07) is 8.85. The number of benzene rings is 1. The Morgan fingerprint density at radius 3 is 2.76 bits per heavy atom. The van der Waals surface area contributed by atoms with Crippen molar-refractivity contribution >= 4 is 29.9 Å². The van der Waals surface area contributed by atoms with Crippen molar-refractivity contribution in [2.45, 2.75) is 45.8 Å². The average molecular weight is 461 g/mol. The first-order valence-electron chi connectivity index (χ1n) is 8.97. The van der Waals surface area contributed by atoms with Gasteiger partial charge in [-0.1, -0.05) is 29.8 Å². The molecule has 2 N–H and O–H groups in total. The molecule has 0 radical (unpaired) electrons. The Labute approximate surface area is 169 Å². The monoisotopic (exact) mass is 461 g/mol. The first-order valence-corrected chi connectivity index (χ1v) is 8.97. The Balaban J connectivity index is 0.00000312. The quantitative estimate of drug-likeness (QED) is 0.355. The lowest BCUT2D eigenvalue weighted by Crippen LogP contribution is -2.44. The molecule has 0 spiro atoms. The topological polar surface area (TPSA) is 54.9 Å². The van der Waals surface area contributed by atoms with Crippen molar-refractivity contribution in [1.29, 1.82) is 0 Å². The molecule has 0 amide bonds. The molecule has 2 rings (SSSR count). The second-order valence-electron chi connectivity index (χ2n) is 6.36. The molecule has 142 valence electrons. The fraction of sp³-hybridized carbons (Fsp3) is 0.632. The lowest BCUT2D eigenvalue weighted by Gasteiger charge is -2.19. The van der Waals surface area contributed by atoms with Gasteiger partial charge in [0.2, 0.25) is 0 Å². The molecule has 1 saturated heterocycles. The van der Waals surface area contributed by atoms with Gasteiger partial charge in [-0.25, -0.2) is 0 Å². The number of nitrogens with one attached hydrogen (secondary N) is 2. The number of aryl methyl sites for hydroxylation is 1. The highest BCUT2D eigenvalue weighted by molar-refractivity contribution is 14.0. The number of nitrogens with zero attached hydrogens (tertiary/aromatic N) is 1. The van der Waals surface area contributed by atoms with E-state index in [9.17, 15) is 0 Å². The summed E-state index contributed by atoms with van der Waals surface area (Å²) in [4.78, 5) is 4.67. The third kappa shape index (κ3) is 8.87. The van der Waals surface area contributed by atoms with E-state index in [0.717, 1.165) is 45.1 Å². The van der Waals surface area contributed by atoms with Gasteiger partial charge in [0.15, 0.2) is 5.96 Å². The van der Waals surface area contributed by atoms with Crippen LogP contribution in [0.5, 0.6) is 0 Å². The minimum atomic E-state index is 0. The second kappa shape index (κ2) is 12.5. The number of hydrogen-bond acceptors (Lipinski definition) is 3. The van der Waals surface area contributed by atoms with E-state index in [4.69, 9.17) is 9.47 Å². The maximum atomic E-state index is 5.86. The normalized spacial score (nSPS) is 18.5. The highest BCUT2D eigenvalue weighted by Crippen LogP contribution is 2.08. The Morgan fingerprint density at radius 2 is 2.12 bits per heavy atom. The number of guanidine groups is 1. The van der Waals surface area contributed by atoms with E-state index in [1.54, 1.807) is 0 Å². The standard InChI is InChI=1S/C19H31N3O2.HI/c1-4-20-19(21-11-9-17-7-5-15(2)6-8-17)22-16(3)13-24-18-10-12-23-14-18;/h5-8,16,18H,4,9-14H2,1-3H3,(H2,20,21,22);1H. The molecule has 2 unspecified atom stereocenters. The van der Waals surface area contributed by atoms with Gasteiger partial charge in [0.1, 0.15) is 0 Å². The van der Waals surface area contributed by atoms with Crippen LogP contribution in [0.3, 0.4) is 0 Å². The highest BCUT2D eigenvalue weighted by atomic mass is 127. The molecule has 1 fully saturated rings. The highest BCUT2D eigenvalue weighted by Gasteiger charge is 2.17. The van der Waals surface area contributed by atoms with Crippen LogP contribution in [0.15, 0.2) is 29.3 Å². The van der Waals surface area contributed by atoms with Crippen molar-refractivity contribution in [2.75, 3.05) is 32.9 Å². The molecule has 1 aromatic carbocycles. The molecule has 6 heteroatoms. The van der Waals surface area contributed by atoms with Gasteiger partial charge in [0.05, 0.1) is 19.3 Å². The van der Waals surface area contributed by atoms with Crippen LogP contribution in [0.2, 0.25) is 0 Å². The summed E-state index contributed by atoms with van der Waals surface area (Å²) in [5, 5.41) is 6.71. The molecule has 5 nitrogen and oxygen atoms in total. The molecule has 0 saturated carbocycles. The van der Waals surface area contributed by atoms with E-state index < -0.39 is 0 Å². The number of rotatable bonds is 8. The third-order valence-electron chi connectivity index (χ3n) is 3.99. The van der Waals surface area contributed by atoms with Crippen molar-refractivity contribution in [1.82, 2.24) is 10.6 Å². The zero-order valence-electron chi connectivity index (χ0n) is 15.6. The Kier molecular flexibility index (Phi) is 11.1. The van der Waals surface area contributed by atoms with E-state index in [1.807, 2.05) is 0 Å². The van der Waals surface area contributed by atoms with E-state index in [-0.39, 0.29) is 36.1 Å².